The summed E-state index contributed by atoms with van der Waals surface area (Å²) in [5.74, 6) is -1.42. The summed E-state index contributed by atoms with van der Waals surface area (Å²) in [7, 11) is 0. The van der Waals surface area contributed by atoms with E-state index in [0.717, 1.165) is 36.5 Å². The lowest BCUT2D eigenvalue weighted by Gasteiger charge is -2.42. The third-order valence-corrected chi connectivity index (χ3v) is 4.99. The highest BCUT2D eigenvalue weighted by molar-refractivity contribution is 5.76. The Morgan fingerprint density at radius 2 is 1.57 bits per heavy atom. The van der Waals surface area contributed by atoms with Crippen molar-refractivity contribution in [2.45, 2.75) is 18.0 Å². The van der Waals surface area contributed by atoms with Gasteiger partial charge in [0.2, 0.25) is 0 Å². The monoisotopic (exact) mass is 392 g/mol. The number of alkyl halides is 3. The lowest BCUT2D eigenvalue weighted by atomic mass is 9.67. The van der Waals surface area contributed by atoms with Gasteiger partial charge in [0.15, 0.2) is 0 Å². The van der Waals surface area contributed by atoms with Crippen LogP contribution in [0.1, 0.15) is 16.7 Å². The second-order valence-electron chi connectivity index (χ2n) is 6.62. The summed E-state index contributed by atoms with van der Waals surface area (Å²) in [5, 5.41) is 2.69. The van der Waals surface area contributed by atoms with E-state index in [-0.39, 0.29) is 28.1 Å². The van der Waals surface area contributed by atoms with Crippen LogP contribution in [0.5, 0.6) is 0 Å². The van der Waals surface area contributed by atoms with Gasteiger partial charge in [0, 0.05) is 17.4 Å². The number of pyridine rings is 1. The smallest absolute Gasteiger partial charge is 0.351 e. The Morgan fingerprint density at radius 3 is 2.25 bits per heavy atom. The number of nitrogens with one attached hydrogen (secondary N) is 2. The van der Waals surface area contributed by atoms with E-state index in [0.29, 0.717) is 0 Å². The summed E-state index contributed by atoms with van der Waals surface area (Å²) in [6.07, 6.45) is -4.36. The van der Waals surface area contributed by atoms with Crippen LogP contribution in [-0.2, 0) is 11.8 Å². The van der Waals surface area contributed by atoms with E-state index >= 15 is 0 Å². The van der Waals surface area contributed by atoms with Gasteiger partial charge in [-0.3, -0.25) is 4.79 Å². The molecule has 0 radical (unpaired) electrons. The first-order valence-corrected chi connectivity index (χ1v) is 8.33. The predicted octanol–water partition coefficient (Wildman–Crippen LogP) is 4.80. The Bertz CT molecular complexity index is 1100. The van der Waals surface area contributed by atoms with Crippen molar-refractivity contribution in [1.82, 2.24) is 4.98 Å². The van der Waals surface area contributed by atoms with Crippen LogP contribution in [0.2, 0.25) is 0 Å². The molecule has 3 aromatic rings. The molecule has 0 spiro atoms. The van der Waals surface area contributed by atoms with Crippen molar-refractivity contribution in [3.63, 3.8) is 0 Å². The fourth-order valence-corrected chi connectivity index (χ4v) is 3.72. The first-order valence-electron chi connectivity index (χ1n) is 8.33. The minimum Gasteiger partial charge on any atom is -0.351 e. The molecule has 1 unspecified atom stereocenters. The molecule has 28 heavy (non-hydrogen) atoms. The zero-order chi connectivity index (χ0) is 20.1. The number of hydrogen-bond acceptors (Lipinski definition) is 2. The normalized spacial score (nSPS) is 18.2. The zero-order valence-corrected chi connectivity index (χ0v) is 14.2. The fraction of sp³-hybridized carbons (Fsp3) is 0.150. The number of fused-ring (bicyclic) bond motifs is 2. The third-order valence-electron chi connectivity index (χ3n) is 4.99. The number of benzene rings is 2. The van der Waals surface area contributed by atoms with Gasteiger partial charge in [-0.25, -0.2) is 8.78 Å². The van der Waals surface area contributed by atoms with Crippen LogP contribution < -0.4 is 10.9 Å². The fourth-order valence-electron chi connectivity index (χ4n) is 3.72. The van der Waals surface area contributed by atoms with Crippen LogP contribution in [-0.4, -0.2) is 11.2 Å². The molecule has 0 aliphatic carbocycles. The average Bonchev–Trinajstić information content (AvgIpc) is 2.63. The molecule has 1 atom stereocenters. The highest BCUT2D eigenvalue weighted by Crippen LogP contribution is 2.55. The first-order chi connectivity index (χ1) is 13.2. The van der Waals surface area contributed by atoms with E-state index in [1.807, 2.05) is 0 Å². The number of halogens is 5. The maximum atomic E-state index is 14.6. The van der Waals surface area contributed by atoms with Crippen LogP contribution in [0.3, 0.4) is 0 Å². The number of aromatic nitrogens is 1. The van der Waals surface area contributed by atoms with E-state index in [4.69, 9.17) is 0 Å². The predicted molar refractivity (Wildman–Crippen MR) is 93.7 cm³/mol. The van der Waals surface area contributed by atoms with Crippen LogP contribution in [0.4, 0.5) is 33.3 Å². The van der Waals surface area contributed by atoms with Crippen molar-refractivity contribution in [3.05, 3.63) is 93.4 Å². The first kappa shape index (κ1) is 18.2. The number of rotatable bonds is 2. The molecule has 144 valence electrons. The van der Waals surface area contributed by atoms with E-state index in [1.165, 1.54) is 18.2 Å². The van der Waals surface area contributed by atoms with E-state index in [1.54, 1.807) is 0 Å². The Balaban J connectivity index is 2.07. The lowest BCUT2D eigenvalue weighted by Crippen LogP contribution is -2.48. The zero-order valence-electron chi connectivity index (χ0n) is 14.2. The second-order valence-corrected chi connectivity index (χ2v) is 6.62. The SMILES string of the molecule is O=c1[nH]ccc2c1Nc1ccc(F)cc1C2(Cc1ccc(F)cc1)C(F)(F)F. The minimum atomic E-state index is -4.87. The molecule has 0 saturated heterocycles. The summed E-state index contributed by atoms with van der Waals surface area (Å²) in [4.78, 5) is 14.6. The largest absolute Gasteiger partial charge is 0.402 e. The molecule has 1 aliphatic heterocycles. The van der Waals surface area contributed by atoms with Gasteiger partial charge in [0.25, 0.3) is 5.56 Å². The van der Waals surface area contributed by atoms with Gasteiger partial charge in [-0.1, -0.05) is 12.1 Å². The van der Waals surface area contributed by atoms with Gasteiger partial charge in [-0.15, -0.1) is 0 Å². The van der Waals surface area contributed by atoms with Crippen molar-refractivity contribution in [3.8, 4) is 0 Å². The van der Waals surface area contributed by atoms with Gasteiger partial charge in [0.05, 0.1) is 0 Å². The molecule has 8 heteroatoms. The molecule has 1 aliphatic rings. The maximum Gasteiger partial charge on any atom is 0.402 e. The van der Waals surface area contributed by atoms with Crippen molar-refractivity contribution < 1.29 is 22.0 Å². The molecule has 2 N–H and O–H groups in total. The van der Waals surface area contributed by atoms with Crippen molar-refractivity contribution >= 4 is 11.4 Å². The molecular weight excluding hydrogens is 379 g/mol. The van der Waals surface area contributed by atoms with Crippen LogP contribution >= 0.6 is 0 Å². The second kappa shape index (κ2) is 6.19. The van der Waals surface area contributed by atoms with Crippen molar-refractivity contribution in [2.75, 3.05) is 5.32 Å². The van der Waals surface area contributed by atoms with Crippen molar-refractivity contribution in [2.24, 2.45) is 0 Å². The van der Waals surface area contributed by atoms with E-state index in [9.17, 15) is 26.7 Å². The van der Waals surface area contributed by atoms with Crippen LogP contribution in [0.25, 0.3) is 0 Å². The Labute approximate surface area is 155 Å². The summed E-state index contributed by atoms with van der Waals surface area (Å²) < 4.78 is 71.1. The maximum absolute atomic E-state index is 14.6. The number of hydrogen-bond donors (Lipinski definition) is 2. The van der Waals surface area contributed by atoms with Gasteiger partial charge in [-0.2, -0.15) is 13.2 Å². The van der Waals surface area contributed by atoms with Gasteiger partial charge < -0.3 is 10.3 Å². The number of H-pyrrole nitrogens is 1. The lowest BCUT2D eigenvalue weighted by molar-refractivity contribution is -0.178. The third kappa shape index (κ3) is 2.67. The average molecular weight is 392 g/mol. The molecule has 0 amide bonds. The van der Waals surface area contributed by atoms with Crippen molar-refractivity contribution in [1.29, 1.82) is 0 Å². The summed E-state index contributed by atoms with van der Waals surface area (Å²) in [5.41, 5.74) is -4.11. The standard InChI is InChI=1S/C20H13F5N2O/c21-12-3-1-11(2-4-12)10-19(20(23,24)25)14-7-8-26-18(28)17(14)27-16-6-5-13(22)9-15(16)19/h1-9,27H,10H2,(H,26,28). The molecular formula is C20H13F5N2O. The topological polar surface area (TPSA) is 44.9 Å². The Hall–Kier alpha value is -3.16. The summed E-state index contributed by atoms with van der Waals surface area (Å²) in [6.45, 7) is 0. The quantitative estimate of drug-likeness (QED) is 0.616. The van der Waals surface area contributed by atoms with Gasteiger partial charge >= 0.3 is 6.18 Å². The summed E-state index contributed by atoms with van der Waals surface area (Å²) in [6, 6.07) is 8.79. The Kier molecular flexibility index (Phi) is 4.02. The highest BCUT2D eigenvalue weighted by atomic mass is 19.4. The molecule has 3 nitrogen and oxygen atoms in total. The van der Waals surface area contributed by atoms with Gasteiger partial charge in [0.1, 0.15) is 22.7 Å². The number of aromatic amines is 1. The molecule has 2 heterocycles. The highest BCUT2D eigenvalue weighted by Gasteiger charge is 2.60. The molecule has 0 saturated carbocycles. The van der Waals surface area contributed by atoms with E-state index < -0.39 is 35.2 Å². The van der Waals surface area contributed by atoms with Crippen LogP contribution in [0, 0.1) is 11.6 Å². The molecule has 0 fully saturated rings. The summed E-state index contributed by atoms with van der Waals surface area (Å²) >= 11 is 0. The molecule has 2 aromatic carbocycles. The Morgan fingerprint density at radius 1 is 0.893 bits per heavy atom. The molecule has 1 aromatic heterocycles. The minimum absolute atomic E-state index is 0.00923. The number of anilines is 2. The molecule has 0 bridgehead atoms. The van der Waals surface area contributed by atoms with Gasteiger partial charge in [-0.05, 0) is 53.9 Å². The van der Waals surface area contributed by atoms with E-state index in [2.05, 4.69) is 10.3 Å². The molecule has 4 rings (SSSR count). The van der Waals surface area contributed by atoms with Crippen LogP contribution in [0.15, 0.2) is 59.5 Å².